The highest BCUT2D eigenvalue weighted by atomic mass is 16.3. The minimum Gasteiger partial charge on any atom is -0.388 e. The first-order valence-electron chi connectivity index (χ1n) is 6.22. The molecule has 0 saturated heterocycles. The molecular formula is C13H21N3O. The Kier molecular flexibility index (Phi) is 3.64. The number of pyridine rings is 1. The van der Waals surface area contributed by atoms with Crippen LogP contribution in [-0.2, 0) is 6.54 Å². The Hall–Kier alpha value is -1.13. The van der Waals surface area contributed by atoms with E-state index in [4.69, 9.17) is 5.73 Å². The van der Waals surface area contributed by atoms with Gasteiger partial charge in [-0.15, -0.1) is 0 Å². The maximum atomic E-state index is 10.4. The van der Waals surface area contributed by atoms with E-state index in [9.17, 15) is 5.11 Å². The second-order valence-corrected chi connectivity index (χ2v) is 4.98. The number of nitrogens with zero attached hydrogens (tertiary/aromatic N) is 2. The number of hydrogen-bond donors (Lipinski definition) is 2. The third-order valence-electron chi connectivity index (χ3n) is 3.51. The summed E-state index contributed by atoms with van der Waals surface area (Å²) in [6.45, 7) is 1.11. The average Bonchev–Trinajstić information content (AvgIpc) is 2.75. The van der Waals surface area contributed by atoms with Gasteiger partial charge in [-0.05, 0) is 18.9 Å². The first-order chi connectivity index (χ1) is 8.14. The molecule has 1 aliphatic rings. The molecule has 1 heterocycles. The predicted octanol–water partition coefficient (Wildman–Crippen LogP) is 1.28. The molecule has 0 radical (unpaired) electrons. The lowest BCUT2D eigenvalue weighted by atomic mass is 10.0. The van der Waals surface area contributed by atoms with Gasteiger partial charge in [-0.25, -0.2) is 4.98 Å². The topological polar surface area (TPSA) is 62.4 Å². The third kappa shape index (κ3) is 2.76. The van der Waals surface area contributed by atoms with Crippen molar-refractivity contribution in [1.82, 2.24) is 4.98 Å². The van der Waals surface area contributed by atoms with Gasteiger partial charge in [-0.1, -0.05) is 18.9 Å². The Morgan fingerprint density at radius 3 is 2.82 bits per heavy atom. The second kappa shape index (κ2) is 5.02. The number of aromatic nitrogens is 1. The zero-order chi connectivity index (χ0) is 12.3. The summed E-state index contributed by atoms with van der Waals surface area (Å²) in [7, 11) is 1.97. The number of likely N-dealkylation sites (N-methyl/N-ethyl adjacent to an activating group) is 1. The third-order valence-corrected chi connectivity index (χ3v) is 3.51. The van der Waals surface area contributed by atoms with Crippen LogP contribution in [-0.4, -0.2) is 29.3 Å². The van der Waals surface area contributed by atoms with Gasteiger partial charge in [0, 0.05) is 31.9 Å². The van der Waals surface area contributed by atoms with Crippen molar-refractivity contribution in [2.24, 2.45) is 5.73 Å². The Morgan fingerprint density at radius 2 is 2.18 bits per heavy atom. The smallest absolute Gasteiger partial charge is 0.132 e. The quantitative estimate of drug-likeness (QED) is 0.825. The summed E-state index contributed by atoms with van der Waals surface area (Å²) >= 11 is 0. The minimum absolute atomic E-state index is 0.478. The molecule has 0 amide bonds. The van der Waals surface area contributed by atoms with Gasteiger partial charge in [-0.3, -0.25) is 0 Å². The normalized spacial score (nSPS) is 18.3. The number of rotatable bonds is 4. The minimum atomic E-state index is -0.544. The molecule has 4 nitrogen and oxygen atoms in total. The highest BCUT2D eigenvalue weighted by Crippen LogP contribution is 2.31. The van der Waals surface area contributed by atoms with Gasteiger partial charge < -0.3 is 15.7 Å². The first kappa shape index (κ1) is 12.3. The molecule has 1 saturated carbocycles. The number of aliphatic hydroxyl groups is 1. The van der Waals surface area contributed by atoms with E-state index in [1.54, 1.807) is 6.20 Å². The molecule has 17 heavy (non-hydrogen) atoms. The summed E-state index contributed by atoms with van der Waals surface area (Å²) < 4.78 is 0. The van der Waals surface area contributed by atoms with E-state index in [0.29, 0.717) is 13.1 Å². The number of hydrogen-bond acceptors (Lipinski definition) is 4. The van der Waals surface area contributed by atoms with Crippen molar-refractivity contribution >= 4 is 5.82 Å². The molecule has 2 rings (SSSR count). The average molecular weight is 235 g/mol. The van der Waals surface area contributed by atoms with Crippen molar-refractivity contribution in [3.05, 3.63) is 23.9 Å². The number of anilines is 1. The zero-order valence-electron chi connectivity index (χ0n) is 10.4. The summed E-state index contributed by atoms with van der Waals surface area (Å²) in [5.41, 5.74) is 6.18. The molecule has 94 valence electrons. The van der Waals surface area contributed by atoms with Crippen LogP contribution in [0.5, 0.6) is 0 Å². The fraction of sp³-hybridized carbons (Fsp3) is 0.615. The molecule has 0 aromatic carbocycles. The van der Waals surface area contributed by atoms with Gasteiger partial charge in [0.05, 0.1) is 5.60 Å². The fourth-order valence-corrected chi connectivity index (χ4v) is 2.64. The summed E-state index contributed by atoms with van der Waals surface area (Å²) in [5, 5.41) is 10.4. The summed E-state index contributed by atoms with van der Waals surface area (Å²) in [5.74, 6) is 0.885. The van der Waals surface area contributed by atoms with Gasteiger partial charge >= 0.3 is 0 Å². The molecule has 1 aromatic rings. The van der Waals surface area contributed by atoms with Gasteiger partial charge in [-0.2, -0.15) is 0 Å². The molecule has 0 spiro atoms. The van der Waals surface area contributed by atoms with Crippen LogP contribution in [0.4, 0.5) is 5.82 Å². The van der Waals surface area contributed by atoms with Crippen LogP contribution in [0, 0.1) is 0 Å². The SMILES string of the molecule is CN(CC1(O)CCCC1)c1ncccc1CN. The lowest BCUT2D eigenvalue weighted by Gasteiger charge is -2.30. The number of nitrogens with two attached hydrogens (primary N) is 1. The van der Waals surface area contributed by atoms with Gasteiger partial charge in [0.2, 0.25) is 0 Å². The van der Waals surface area contributed by atoms with Crippen LogP contribution in [0.3, 0.4) is 0 Å². The zero-order valence-corrected chi connectivity index (χ0v) is 10.4. The van der Waals surface area contributed by atoms with E-state index in [0.717, 1.165) is 37.1 Å². The van der Waals surface area contributed by atoms with Crippen LogP contribution in [0.25, 0.3) is 0 Å². The fourth-order valence-electron chi connectivity index (χ4n) is 2.64. The van der Waals surface area contributed by atoms with E-state index in [-0.39, 0.29) is 0 Å². The molecular weight excluding hydrogens is 214 g/mol. The molecule has 3 N–H and O–H groups in total. The predicted molar refractivity (Wildman–Crippen MR) is 68.8 cm³/mol. The van der Waals surface area contributed by atoms with Crippen molar-refractivity contribution < 1.29 is 5.11 Å². The van der Waals surface area contributed by atoms with Crippen molar-refractivity contribution in [2.75, 3.05) is 18.5 Å². The molecule has 0 unspecified atom stereocenters. The summed E-state index contributed by atoms with van der Waals surface area (Å²) in [4.78, 5) is 6.38. The van der Waals surface area contributed by atoms with Gasteiger partial charge in [0.25, 0.3) is 0 Å². The van der Waals surface area contributed by atoms with Crippen molar-refractivity contribution in [3.8, 4) is 0 Å². The molecule has 0 atom stereocenters. The van der Waals surface area contributed by atoms with Crippen LogP contribution in [0.1, 0.15) is 31.2 Å². The highest BCUT2D eigenvalue weighted by Gasteiger charge is 2.32. The van der Waals surface area contributed by atoms with E-state index >= 15 is 0 Å². The monoisotopic (exact) mass is 235 g/mol. The Labute approximate surface area is 102 Å². The molecule has 0 aliphatic heterocycles. The van der Waals surface area contributed by atoms with Crippen molar-refractivity contribution in [1.29, 1.82) is 0 Å². The molecule has 0 bridgehead atoms. The van der Waals surface area contributed by atoms with Crippen LogP contribution in [0.15, 0.2) is 18.3 Å². The van der Waals surface area contributed by atoms with Crippen LogP contribution < -0.4 is 10.6 Å². The van der Waals surface area contributed by atoms with Crippen LogP contribution in [0.2, 0.25) is 0 Å². The lowest BCUT2D eigenvalue weighted by Crippen LogP contribution is -2.40. The Bertz CT molecular complexity index is 375. The molecule has 1 fully saturated rings. The van der Waals surface area contributed by atoms with Crippen molar-refractivity contribution in [3.63, 3.8) is 0 Å². The largest absolute Gasteiger partial charge is 0.388 e. The first-order valence-corrected chi connectivity index (χ1v) is 6.22. The van der Waals surface area contributed by atoms with Gasteiger partial charge in [0.1, 0.15) is 5.82 Å². The lowest BCUT2D eigenvalue weighted by molar-refractivity contribution is 0.0557. The van der Waals surface area contributed by atoms with Crippen molar-refractivity contribution in [2.45, 2.75) is 37.8 Å². The van der Waals surface area contributed by atoms with E-state index in [1.165, 1.54) is 0 Å². The molecule has 1 aromatic heterocycles. The Morgan fingerprint density at radius 1 is 1.47 bits per heavy atom. The van der Waals surface area contributed by atoms with Crippen LogP contribution >= 0.6 is 0 Å². The van der Waals surface area contributed by atoms with E-state index in [1.807, 2.05) is 24.1 Å². The summed E-state index contributed by atoms with van der Waals surface area (Å²) in [6, 6.07) is 3.88. The second-order valence-electron chi connectivity index (χ2n) is 4.98. The molecule has 1 aliphatic carbocycles. The highest BCUT2D eigenvalue weighted by molar-refractivity contribution is 5.46. The Balaban J connectivity index is 2.11. The standard InChI is InChI=1S/C13H21N3O/c1-16(10-13(17)6-2-3-7-13)12-11(9-14)5-4-8-15-12/h4-5,8,17H,2-3,6-7,9-10,14H2,1H3. The van der Waals surface area contributed by atoms with E-state index in [2.05, 4.69) is 4.98 Å². The maximum absolute atomic E-state index is 10.4. The molecule has 4 heteroatoms. The summed E-state index contributed by atoms with van der Waals surface area (Å²) in [6.07, 6.45) is 5.79. The van der Waals surface area contributed by atoms with E-state index < -0.39 is 5.60 Å². The van der Waals surface area contributed by atoms with Gasteiger partial charge in [0.15, 0.2) is 0 Å². The maximum Gasteiger partial charge on any atom is 0.132 e.